The molecule has 0 fully saturated rings. The van der Waals surface area contributed by atoms with Gasteiger partial charge in [-0.3, -0.25) is 9.79 Å². The van der Waals surface area contributed by atoms with Gasteiger partial charge in [0.1, 0.15) is 5.76 Å². The highest BCUT2D eigenvalue weighted by atomic mass is 35.5. The Morgan fingerprint density at radius 1 is 1.22 bits per heavy atom. The van der Waals surface area contributed by atoms with Gasteiger partial charge in [-0.1, -0.05) is 17.7 Å². The molecule has 0 aliphatic heterocycles. The van der Waals surface area contributed by atoms with Gasteiger partial charge in [-0.05, 0) is 35.7 Å². The average Bonchev–Trinajstić information content (AvgIpc) is 3.02. The predicted octanol–water partition coefficient (Wildman–Crippen LogP) is 5.20. The summed E-state index contributed by atoms with van der Waals surface area (Å²) < 4.78 is 38.1. The van der Waals surface area contributed by atoms with E-state index in [1.807, 2.05) is 0 Å². The van der Waals surface area contributed by atoms with Gasteiger partial charge < -0.3 is 5.11 Å². The fourth-order valence-electron chi connectivity index (χ4n) is 1.59. The van der Waals surface area contributed by atoms with E-state index in [9.17, 15) is 23.1 Å². The van der Waals surface area contributed by atoms with E-state index in [-0.39, 0.29) is 4.88 Å². The van der Waals surface area contributed by atoms with Crippen LogP contribution in [0.4, 0.5) is 18.9 Å². The predicted molar refractivity (Wildman–Crippen MR) is 84.5 cm³/mol. The lowest BCUT2D eigenvalue weighted by atomic mass is 10.1. The third-order valence-electron chi connectivity index (χ3n) is 2.68. The van der Waals surface area contributed by atoms with E-state index in [1.165, 1.54) is 30.3 Å². The highest BCUT2D eigenvalue weighted by Crippen LogP contribution is 2.27. The van der Waals surface area contributed by atoms with Crippen molar-refractivity contribution in [3.63, 3.8) is 0 Å². The Kier molecular flexibility index (Phi) is 5.23. The summed E-state index contributed by atoms with van der Waals surface area (Å²) in [7, 11) is 0. The van der Waals surface area contributed by atoms with E-state index in [1.54, 1.807) is 11.4 Å². The largest absolute Gasteiger partial charge is 0.506 e. The number of carbonyl (C=O) groups excluding carboxylic acids is 1. The summed E-state index contributed by atoms with van der Waals surface area (Å²) in [5.74, 6) is -2.93. The van der Waals surface area contributed by atoms with Crippen LogP contribution in [0.3, 0.4) is 0 Å². The lowest BCUT2D eigenvalue weighted by Crippen LogP contribution is -2.26. The van der Waals surface area contributed by atoms with Gasteiger partial charge in [-0.15, -0.1) is 11.3 Å². The first-order valence-electron chi connectivity index (χ1n) is 6.17. The van der Waals surface area contributed by atoms with E-state index in [2.05, 4.69) is 4.99 Å². The van der Waals surface area contributed by atoms with Gasteiger partial charge in [0.15, 0.2) is 0 Å². The minimum Gasteiger partial charge on any atom is -0.506 e. The van der Waals surface area contributed by atoms with Crippen molar-refractivity contribution in [2.45, 2.75) is 6.18 Å². The van der Waals surface area contributed by atoms with Gasteiger partial charge in [-0.2, -0.15) is 13.2 Å². The molecule has 0 aliphatic rings. The van der Waals surface area contributed by atoms with Gasteiger partial charge in [0.2, 0.25) is 0 Å². The molecule has 1 aromatic heterocycles. The second-order valence-electron chi connectivity index (χ2n) is 4.30. The number of allylic oxidation sites excluding steroid dienone is 1. The molecular weight excluding hydrogens is 351 g/mol. The standard InChI is InChI=1S/C15H9ClF3NO2S/c16-9-3-5-10(6-4-9)20-8-11(14(22)15(17,18)19)13(21)12-2-1-7-23-12/h1-8,21H. The zero-order chi connectivity index (χ0) is 17.0. The molecule has 0 unspecified atom stereocenters. The Morgan fingerprint density at radius 2 is 1.87 bits per heavy atom. The van der Waals surface area contributed by atoms with Gasteiger partial charge in [0.05, 0.1) is 16.1 Å². The summed E-state index contributed by atoms with van der Waals surface area (Å²) in [4.78, 5) is 15.5. The van der Waals surface area contributed by atoms with Crippen LogP contribution in [0.5, 0.6) is 0 Å². The number of rotatable bonds is 4. The fraction of sp³-hybridized carbons (Fsp3) is 0.0667. The Labute approximate surface area is 138 Å². The number of aliphatic hydroxyl groups is 1. The molecule has 120 valence electrons. The van der Waals surface area contributed by atoms with Crippen LogP contribution in [0.2, 0.25) is 5.02 Å². The molecule has 0 saturated carbocycles. The van der Waals surface area contributed by atoms with Crippen molar-refractivity contribution in [3.05, 3.63) is 57.3 Å². The molecule has 0 saturated heterocycles. The number of nitrogens with zero attached hydrogens (tertiary/aromatic N) is 1. The molecule has 0 bridgehead atoms. The van der Waals surface area contributed by atoms with Crippen molar-refractivity contribution in [3.8, 4) is 0 Å². The topological polar surface area (TPSA) is 49.7 Å². The first-order chi connectivity index (χ1) is 10.8. The summed E-state index contributed by atoms with van der Waals surface area (Å²) in [6, 6.07) is 8.89. The third kappa shape index (κ3) is 4.43. The van der Waals surface area contributed by atoms with Crippen LogP contribution < -0.4 is 0 Å². The van der Waals surface area contributed by atoms with E-state index in [0.717, 1.165) is 11.3 Å². The van der Waals surface area contributed by atoms with Gasteiger partial charge >= 0.3 is 6.18 Å². The SMILES string of the molecule is O=C(C(C=Nc1ccc(Cl)cc1)=C(O)c1cccs1)C(F)(F)F. The monoisotopic (exact) mass is 359 g/mol. The molecule has 0 atom stereocenters. The lowest BCUT2D eigenvalue weighted by Gasteiger charge is -2.07. The lowest BCUT2D eigenvalue weighted by molar-refractivity contribution is -0.165. The van der Waals surface area contributed by atoms with Gasteiger partial charge in [-0.25, -0.2) is 0 Å². The first kappa shape index (κ1) is 17.2. The molecule has 1 aromatic carbocycles. The van der Waals surface area contributed by atoms with Gasteiger partial charge in [0, 0.05) is 11.2 Å². The van der Waals surface area contributed by atoms with Crippen molar-refractivity contribution in [1.29, 1.82) is 0 Å². The number of hydrogen-bond donors (Lipinski definition) is 1. The molecule has 1 heterocycles. The number of alkyl halides is 3. The number of hydrogen-bond acceptors (Lipinski definition) is 4. The minimum absolute atomic E-state index is 0.139. The van der Waals surface area contributed by atoms with Crippen LogP contribution in [0, 0.1) is 0 Å². The second kappa shape index (κ2) is 6.97. The van der Waals surface area contributed by atoms with Gasteiger partial charge in [0.25, 0.3) is 5.78 Å². The molecule has 0 radical (unpaired) electrons. The van der Waals surface area contributed by atoms with E-state index in [4.69, 9.17) is 11.6 Å². The molecule has 23 heavy (non-hydrogen) atoms. The minimum atomic E-state index is -5.12. The number of halogens is 4. The molecule has 0 aliphatic carbocycles. The Morgan fingerprint density at radius 3 is 2.39 bits per heavy atom. The maximum atomic E-state index is 12.7. The molecule has 0 spiro atoms. The number of aliphatic imine (C=N–C) groups is 1. The average molecular weight is 360 g/mol. The summed E-state index contributed by atoms with van der Waals surface area (Å²) in [6.07, 6.45) is -4.42. The number of ketones is 1. The molecule has 8 heteroatoms. The quantitative estimate of drug-likeness (QED) is 0.463. The molecule has 1 N–H and O–H groups in total. The maximum Gasteiger partial charge on any atom is 0.455 e. The fourth-order valence-corrected chi connectivity index (χ4v) is 2.40. The number of aliphatic hydroxyl groups excluding tert-OH is 1. The van der Waals surface area contributed by atoms with Crippen LogP contribution >= 0.6 is 22.9 Å². The molecule has 0 amide bonds. The van der Waals surface area contributed by atoms with Crippen LogP contribution in [0.25, 0.3) is 5.76 Å². The number of carbonyl (C=O) groups is 1. The van der Waals surface area contributed by atoms with Crippen LogP contribution in [-0.4, -0.2) is 23.3 Å². The normalized spacial score (nSPS) is 13.2. The van der Waals surface area contributed by atoms with Crippen molar-refractivity contribution in [2.24, 2.45) is 4.99 Å². The number of thiophene rings is 1. The van der Waals surface area contributed by atoms with E-state index in [0.29, 0.717) is 16.9 Å². The Hall–Kier alpha value is -2.12. The molecule has 2 aromatic rings. The van der Waals surface area contributed by atoms with Crippen LogP contribution in [0.15, 0.2) is 52.3 Å². The highest BCUT2D eigenvalue weighted by molar-refractivity contribution is 7.11. The first-order valence-corrected chi connectivity index (χ1v) is 7.43. The Balaban J connectivity index is 2.44. The molecular formula is C15H9ClF3NO2S. The molecule has 2 rings (SSSR count). The van der Waals surface area contributed by atoms with Crippen molar-refractivity contribution in [1.82, 2.24) is 0 Å². The smallest absolute Gasteiger partial charge is 0.455 e. The number of Topliss-reactive ketones (excluding diaryl/α,β-unsaturated/α-hetero) is 1. The maximum absolute atomic E-state index is 12.7. The highest BCUT2D eigenvalue weighted by Gasteiger charge is 2.41. The summed E-state index contributed by atoms with van der Waals surface area (Å²) in [6.45, 7) is 0. The van der Waals surface area contributed by atoms with Crippen molar-refractivity contribution in [2.75, 3.05) is 0 Å². The summed E-state index contributed by atoms with van der Waals surface area (Å²) in [5.41, 5.74) is -0.629. The Bertz CT molecular complexity index is 750. The van der Waals surface area contributed by atoms with Crippen LogP contribution in [-0.2, 0) is 4.79 Å². The molecule has 3 nitrogen and oxygen atoms in total. The van der Waals surface area contributed by atoms with Crippen molar-refractivity contribution < 1.29 is 23.1 Å². The zero-order valence-corrected chi connectivity index (χ0v) is 12.9. The second-order valence-corrected chi connectivity index (χ2v) is 5.69. The van der Waals surface area contributed by atoms with Crippen molar-refractivity contribution >= 4 is 46.4 Å². The summed E-state index contributed by atoms with van der Waals surface area (Å²) >= 11 is 6.70. The third-order valence-corrected chi connectivity index (χ3v) is 3.81. The van der Waals surface area contributed by atoms with Crippen LogP contribution in [0.1, 0.15) is 4.88 Å². The van der Waals surface area contributed by atoms with E-state index < -0.39 is 23.3 Å². The number of benzene rings is 1. The van der Waals surface area contributed by atoms with E-state index >= 15 is 0 Å². The summed E-state index contributed by atoms with van der Waals surface area (Å²) in [5, 5.41) is 12.0. The zero-order valence-electron chi connectivity index (χ0n) is 11.3.